The van der Waals surface area contributed by atoms with Crippen molar-refractivity contribution in [1.29, 1.82) is 0 Å². The topological polar surface area (TPSA) is 75.7 Å². The van der Waals surface area contributed by atoms with Crippen LogP contribution in [0.4, 0.5) is 5.69 Å². The molecule has 0 radical (unpaired) electrons. The summed E-state index contributed by atoms with van der Waals surface area (Å²) in [5, 5.41) is 3.36. The van der Waals surface area contributed by atoms with Crippen molar-refractivity contribution in [3.05, 3.63) is 49.4 Å². The van der Waals surface area contributed by atoms with Crippen LogP contribution in [-0.2, 0) is 4.74 Å². The number of imidazole rings is 1. The van der Waals surface area contributed by atoms with Crippen molar-refractivity contribution in [2.24, 2.45) is 0 Å². The van der Waals surface area contributed by atoms with E-state index in [1.54, 1.807) is 13.3 Å². The van der Waals surface area contributed by atoms with Gasteiger partial charge in [-0.25, -0.2) is 15.0 Å². The zero-order valence-corrected chi connectivity index (χ0v) is 13.2. The molecular weight excluding hydrogens is 290 g/mol. The molecule has 0 saturated carbocycles. The highest BCUT2D eigenvalue weighted by molar-refractivity contribution is 5.75. The number of aromatic amines is 1. The molecule has 0 saturated heterocycles. The van der Waals surface area contributed by atoms with Crippen LogP contribution in [0.1, 0.15) is 13.3 Å². The Morgan fingerprint density at radius 1 is 1.35 bits per heavy atom. The lowest BCUT2D eigenvalue weighted by Gasteiger charge is -2.29. The smallest absolute Gasteiger partial charge is 0.181 e. The van der Waals surface area contributed by atoms with Gasteiger partial charge in [0.1, 0.15) is 23.4 Å². The van der Waals surface area contributed by atoms with Gasteiger partial charge >= 0.3 is 0 Å². The van der Waals surface area contributed by atoms with Crippen LogP contribution in [-0.4, -0.2) is 32.8 Å². The average Bonchev–Trinajstić information content (AvgIpc) is 3.00. The largest absolute Gasteiger partial charge is 0.359 e. The molecule has 0 aliphatic heterocycles. The van der Waals surface area contributed by atoms with Crippen LogP contribution in [0, 0.1) is 0 Å². The maximum absolute atomic E-state index is 5.52. The minimum Gasteiger partial charge on any atom is -0.359 e. The molecule has 6 nitrogen and oxygen atoms in total. The second-order valence-electron chi connectivity index (χ2n) is 5.48. The summed E-state index contributed by atoms with van der Waals surface area (Å²) in [6.45, 7) is 5.75. The summed E-state index contributed by atoms with van der Waals surface area (Å²) in [7, 11) is 1.68. The second kappa shape index (κ2) is 6.18. The normalized spacial score (nSPS) is 13.7. The average molecular weight is 309 g/mol. The van der Waals surface area contributed by atoms with Crippen molar-refractivity contribution in [3.63, 3.8) is 0 Å². The third kappa shape index (κ3) is 3.22. The lowest BCUT2D eigenvalue weighted by Crippen LogP contribution is -2.36. The van der Waals surface area contributed by atoms with E-state index < -0.39 is 5.72 Å². The summed E-state index contributed by atoms with van der Waals surface area (Å²) < 4.78 is 5.52. The maximum atomic E-state index is 5.52. The van der Waals surface area contributed by atoms with Crippen LogP contribution in [0.2, 0.25) is 0 Å². The first kappa shape index (κ1) is 15.2. The molecule has 0 aliphatic rings. The van der Waals surface area contributed by atoms with Gasteiger partial charge in [0.15, 0.2) is 5.65 Å². The molecule has 0 amide bonds. The molecule has 2 aromatic heterocycles. The van der Waals surface area contributed by atoms with Gasteiger partial charge < -0.3 is 15.0 Å². The second-order valence-corrected chi connectivity index (χ2v) is 5.48. The van der Waals surface area contributed by atoms with Crippen molar-refractivity contribution >= 4 is 16.9 Å². The Morgan fingerprint density at radius 2 is 2.13 bits per heavy atom. The van der Waals surface area contributed by atoms with Crippen LogP contribution in [0.5, 0.6) is 0 Å². The number of hydrogen-bond acceptors (Lipinski definition) is 5. The fourth-order valence-electron chi connectivity index (χ4n) is 2.38. The van der Waals surface area contributed by atoms with Crippen LogP contribution in [0.15, 0.2) is 49.4 Å². The fraction of sp³-hybridized carbons (Fsp3) is 0.235. The number of nitrogens with zero attached hydrogens (tertiary/aromatic N) is 3. The molecule has 1 aromatic carbocycles. The van der Waals surface area contributed by atoms with E-state index >= 15 is 0 Å². The van der Waals surface area contributed by atoms with Crippen molar-refractivity contribution < 1.29 is 4.74 Å². The molecule has 0 bridgehead atoms. The number of nitrogens with one attached hydrogen (secondary N) is 2. The summed E-state index contributed by atoms with van der Waals surface area (Å²) in [5.41, 5.74) is 2.96. The molecule has 0 fully saturated rings. The van der Waals surface area contributed by atoms with Gasteiger partial charge in [-0.15, -0.1) is 6.58 Å². The number of hydrogen-bond donors (Lipinski definition) is 2. The molecule has 1 unspecified atom stereocenters. The van der Waals surface area contributed by atoms with E-state index in [4.69, 9.17) is 4.74 Å². The number of fused-ring (bicyclic) bond motifs is 1. The minimum atomic E-state index is -0.474. The van der Waals surface area contributed by atoms with Gasteiger partial charge in [0, 0.05) is 24.8 Å². The number of anilines is 1. The minimum absolute atomic E-state index is 0.474. The lowest BCUT2D eigenvalue weighted by molar-refractivity contribution is 0.0339. The van der Waals surface area contributed by atoms with Crippen LogP contribution in [0.3, 0.4) is 0 Å². The number of H-pyrrole nitrogens is 1. The van der Waals surface area contributed by atoms with E-state index in [0.717, 1.165) is 22.6 Å². The summed E-state index contributed by atoms with van der Waals surface area (Å²) >= 11 is 0. The number of rotatable bonds is 6. The van der Waals surface area contributed by atoms with Crippen LogP contribution >= 0.6 is 0 Å². The van der Waals surface area contributed by atoms with Crippen LogP contribution < -0.4 is 5.32 Å². The highest BCUT2D eigenvalue weighted by Gasteiger charge is 2.21. The Hall–Kier alpha value is -2.73. The van der Waals surface area contributed by atoms with Crippen molar-refractivity contribution in [1.82, 2.24) is 19.9 Å². The first-order valence-corrected chi connectivity index (χ1v) is 7.34. The summed E-state index contributed by atoms with van der Waals surface area (Å²) in [6.07, 6.45) is 5.74. The number of methoxy groups -OCH3 is 1. The van der Waals surface area contributed by atoms with Gasteiger partial charge in [0.2, 0.25) is 0 Å². The Morgan fingerprint density at radius 3 is 2.78 bits per heavy atom. The third-order valence-electron chi connectivity index (χ3n) is 3.71. The Labute approximate surface area is 134 Å². The first-order chi connectivity index (χ1) is 11.1. The van der Waals surface area contributed by atoms with E-state index in [1.165, 1.54) is 6.33 Å². The predicted molar refractivity (Wildman–Crippen MR) is 91.0 cm³/mol. The highest BCUT2D eigenvalue weighted by Crippen LogP contribution is 2.24. The molecule has 118 valence electrons. The fourth-order valence-corrected chi connectivity index (χ4v) is 2.38. The highest BCUT2D eigenvalue weighted by atomic mass is 16.5. The van der Waals surface area contributed by atoms with E-state index in [0.29, 0.717) is 12.1 Å². The Bertz CT molecular complexity index is 778. The molecule has 3 aromatic rings. The van der Waals surface area contributed by atoms with E-state index in [2.05, 4.69) is 31.8 Å². The molecule has 1 atom stereocenters. The Kier molecular flexibility index (Phi) is 4.08. The van der Waals surface area contributed by atoms with Crippen LogP contribution in [0.25, 0.3) is 22.6 Å². The number of benzene rings is 1. The zero-order valence-electron chi connectivity index (χ0n) is 13.2. The summed E-state index contributed by atoms with van der Waals surface area (Å²) in [5.74, 6) is 0.771. The van der Waals surface area contributed by atoms with Gasteiger partial charge in [-0.05, 0) is 31.2 Å². The van der Waals surface area contributed by atoms with Gasteiger partial charge in [-0.1, -0.05) is 6.08 Å². The molecule has 0 spiro atoms. The van der Waals surface area contributed by atoms with Gasteiger partial charge in [-0.3, -0.25) is 0 Å². The number of aromatic nitrogens is 4. The Balaban J connectivity index is 1.82. The van der Waals surface area contributed by atoms with Gasteiger partial charge in [0.05, 0.1) is 6.20 Å². The molecule has 3 rings (SSSR count). The molecule has 6 heteroatoms. The third-order valence-corrected chi connectivity index (χ3v) is 3.71. The van der Waals surface area contributed by atoms with Crippen molar-refractivity contribution in [2.45, 2.75) is 19.1 Å². The maximum Gasteiger partial charge on any atom is 0.181 e. The van der Waals surface area contributed by atoms with Gasteiger partial charge in [-0.2, -0.15) is 0 Å². The van der Waals surface area contributed by atoms with Gasteiger partial charge in [0.25, 0.3) is 0 Å². The molecule has 0 aliphatic carbocycles. The molecule has 2 heterocycles. The predicted octanol–water partition coefficient (Wildman–Crippen LogP) is 3.37. The molecule has 23 heavy (non-hydrogen) atoms. The monoisotopic (exact) mass is 309 g/mol. The quantitative estimate of drug-likeness (QED) is 0.539. The molecular formula is C17H19N5O. The zero-order chi connectivity index (χ0) is 16.3. The summed E-state index contributed by atoms with van der Waals surface area (Å²) in [4.78, 5) is 15.8. The number of ether oxygens (including phenoxy) is 1. The van der Waals surface area contributed by atoms with Crippen molar-refractivity contribution in [2.75, 3.05) is 12.4 Å². The van der Waals surface area contributed by atoms with E-state index in [9.17, 15) is 0 Å². The standard InChI is InChI=1S/C17H19N5O/c1-4-9-17(2,23-3)22-13-7-5-12(6-8-13)15-20-14-10-18-11-19-16(14)21-15/h4-8,10-11,22H,1,9H2,2-3H3,(H,18,19,20,21). The SMILES string of the molecule is C=CCC(C)(Nc1ccc(-c2nc3ncncc3[nH]2)cc1)OC. The van der Waals surface area contributed by atoms with E-state index in [1.807, 2.05) is 37.3 Å². The van der Waals surface area contributed by atoms with Crippen molar-refractivity contribution in [3.8, 4) is 11.4 Å². The first-order valence-electron chi connectivity index (χ1n) is 7.34. The molecule has 2 N–H and O–H groups in total. The lowest BCUT2D eigenvalue weighted by atomic mass is 10.1. The summed E-state index contributed by atoms with van der Waals surface area (Å²) in [6, 6.07) is 7.98. The van der Waals surface area contributed by atoms with E-state index in [-0.39, 0.29) is 0 Å².